The van der Waals surface area contributed by atoms with E-state index in [1.807, 2.05) is 0 Å². The molecule has 0 aliphatic rings. The van der Waals surface area contributed by atoms with Gasteiger partial charge in [0, 0.05) is 18.0 Å². The summed E-state index contributed by atoms with van der Waals surface area (Å²) in [5.41, 5.74) is 1.69. The molecule has 90 valence electrons. The van der Waals surface area contributed by atoms with Crippen molar-refractivity contribution in [2.45, 2.75) is 12.8 Å². The number of aryl methyl sites for hydroxylation is 1. The van der Waals surface area contributed by atoms with Gasteiger partial charge in [-0.05, 0) is 24.1 Å². The van der Waals surface area contributed by atoms with E-state index >= 15 is 0 Å². The molecule has 2 rings (SSSR count). The predicted octanol–water partition coefficient (Wildman–Crippen LogP) is 2.85. The summed E-state index contributed by atoms with van der Waals surface area (Å²) in [4.78, 5) is 13.6. The number of aromatic amines is 1. The zero-order chi connectivity index (χ0) is 12.4. The lowest BCUT2D eigenvalue weighted by molar-refractivity contribution is -0.136. The fourth-order valence-electron chi connectivity index (χ4n) is 1.86. The van der Waals surface area contributed by atoms with Crippen molar-refractivity contribution in [3.63, 3.8) is 0 Å². The van der Waals surface area contributed by atoms with Crippen LogP contribution in [0.5, 0.6) is 5.75 Å². The Bertz CT molecular complexity index is 562. The van der Waals surface area contributed by atoms with Crippen molar-refractivity contribution in [2.24, 2.45) is 0 Å². The molecule has 0 saturated heterocycles. The second kappa shape index (κ2) is 4.67. The van der Waals surface area contributed by atoms with Crippen LogP contribution in [0.2, 0.25) is 5.02 Å². The van der Waals surface area contributed by atoms with Crippen LogP contribution in [0, 0.1) is 0 Å². The van der Waals surface area contributed by atoms with Gasteiger partial charge >= 0.3 is 5.97 Å². The number of fused-ring (bicyclic) bond motifs is 1. The normalized spacial score (nSPS) is 10.7. The third-order valence-electron chi connectivity index (χ3n) is 2.66. The average Bonchev–Trinajstić information content (AvgIpc) is 2.72. The zero-order valence-electron chi connectivity index (χ0n) is 9.29. The lowest BCUT2D eigenvalue weighted by atomic mass is 10.1. The van der Waals surface area contributed by atoms with Gasteiger partial charge in [0.1, 0.15) is 5.75 Å². The molecule has 4 nitrogen and oxygen atoms in total. The van der Waals surface area contributed by atoms with E-state index in [1.165, 1.54) is 0 Å². The summed E-state index contributed by atoms with van der Waals surface area (Å²) in [5, 5.41) is 10.2. The van der Waals surface area contributed by atoms with Gasteiger partial charge in [0.15, 0.2) is 0 Å². The Balaban J connectivity index is 2.49. The second-order valence-electron chi connectivity index (χ2n) is 3.71. The molecular weight excluding hydrogens is 242 g/mol. The summed E-state index contributed by atoms with van der Waals surface area (Å²) >= 11 is 6.06. The number of hydrogen-bond acceptors (Lipinski definition) is 2. The van der Waals surface area contributed by atoms with E-state index in [0.717, 1.165) is 16.5 Å². The number of aliphatic carboxylic acids is 1. The summed E-state index contributed by atoms with van der Waals surface area (Å²) in [6.45, 7) is 0. The average molecular weight is 254 g/mol. The summed E-state index contributed by atoms with van der Waals surface area (Å²) in [6.07, 6.45) is 2.32. The molecule has 1 heterocycles. The largest absolute Gasteiger partial charge is 0.496 e. The highest BCUT2D eigenvalue weighted by Crippen LogP contribution is 2.33. The molecule has 17 heavy (non-hydrogen) atoms. The van der Waals surface area contributed by atoms with Crippen LogP contribution in [-0.2, 0) is 11.2 Å². The number of ether oxygens (including phenoxy) is 1. The lowest BCUT2D eigenvalue weighted by Crippen LogP contribution is -1.97. The van der Waals surface area contributed by atoms with E-state index < -0.39 is 5.97 Å². The SMILES string of the molecule is COc1ccc(Cl)c2[nH]cc(CCC(=O)O)c12. The number of carboxylic acids is 1. The number of benzene rings is 1. The Morgan fingerprint density at radius 3 is 2.94 bits per heavy atom. The fraction of sp³-hybridized carbons (Fsp3) is 0.250. The number of carboxylic acid groups (broad SMARTS) is 1. The maximum Gasteiger partial charge on any atom is 0.303 e. The van der Waals surface area contributed by atoms with Gasteiger partial charge in [0.2, 0.25) is 0 Å². The Hall–Kier alpha value is -1.68. The van der Waals surface area contributed by atoms with Crippen LogP contribution in [0.4, 0.5) is 0 Å². The van der Waals surface area contributed by atoms with Gasteiger partial charge < -0.3 is 14.8 Å². The van der Waals surface area contributed by atoms with E-state index in [4.69, 9.17) is 21.4 Å². The van der Waals surface area contributed by atoms with Crippen LogP contribution in [0.1, 0.15) is 12.0 Å². The van der Waals surface area contributed by atoms with Crippen molar-refractivity contribution in [1.82, 2.24) is 4.98 Å². The molecule has 0 spiro atoms. The van der Waals surface area contributed by atoms with Crippen LogP contribution in [0.25, 0.3) is 10.9 Å². The molecule has 0 unspecified atom stereocenters. The lowest BCUT2D eigenvalue weighted by Gasteiger charge is -2.05. The maximum absolute atomic E-state index is 10.6. The highest BCUT2D eigenvalue weighted by molar-refractivity contribution is 6.35. The monoisotopic (exact) mass is 253 g/mol. The highest BCUT2D eigenvalue weighted by atomic mass is 35.5. The van der Waals surface area contributed by atoms with Crippen molar-refractivity contribution in [2.75, 3.05) is 7.11 Å². The fourth-order valence-corrected chi connectivity index (χ4v) is 2.07. The third kappa shape index (κ3) is 2.22. The Kier molecular flexibility index (Phi) is 3.24. The van der Waals surface area contributed by atoms with E-state index in [9.17, 15) is 4.79 Å². The first-order valence-corrected chi connectivity index (χ1v) is 5.55. The van der Waals surface area contributed by atoms with E-state index in [1.54, 1.807) is 25.4 Å². The van der Waals surface area contributed by atoms with Crippen molar-refractivity contribution in [3.05, 3.63) is 28.9 Å². The van der Waals surface area contributed by atoms with Crippen LogP contribution in [0.3, 0.4) is 0 Å². The van der Waals surface area contributed by atoms with E-state index in [0.29, 0.717) is 17.2 Å². The summed E-state index contributed by atoms with van der Waals surface area (Å²) in [6, 6.07) is 3.53. The van der Waals surface area contributed by atoms with Crippen LogP contribution in [-0.4, -0.2) is 23.2 Å². The van der Waals surface area contributed by atoms with Gasteiger partial charge in [0.25, 0.3) is 0 Å². The first-order chi connectivity index (χ1) is 8.13. The number of hydrogen-bond donors (Lipinski definition) is 2. The molecule has 0 atom stereocenters. The molecule has 0 fully saturated rings. The minimum Gasteiger partial charge on any atom is -0.496 e. The minimum absolute atomic E-state index is 0.0859. The smallest absolute Gasteiger partial charge is 0.303 e. The number of carbonyl (C=O) groups is 1. The van der Waals surface area contributed by atoms with Crippen molar-refractivity contribution in [1.29, 1.82) is 0 Å². The number of rotatable bonds is 4. The number of nitrogens with one attached hydrogen (secondary N) is 1. The molecule has 0 radical (unpaired) electrons. The van der Waals surface area contributed by atoms with Gasteiger partial charge in [-0.2, -0.15) is 0 Å². The second-order valence-corrected chi connectivity index (χ2v) is 4.11. The molecule has 1 aromatic carbocycles. The molecule has 0 aliphatic carbocycles. The molecule has 1 aromatic heterocycles. The molecule has 2 aromatic rings. The maximum atomic E-state index is 10.6. The van der Waals surface area contributed by atoms with Crippen LogP contribution in [0.15, 0.2) is 18.3 Å². The molecule has 5 heteroatoms. The Morgan fingerprint density at radius 1 is 1.53 bits per heavy atom. The summed E-state index contributed by atoms with van der Waals surface area (Å²) < 4.78 is 5.26. The number of methoxy groups -OCH3 is 1. The quantitative estimate of drug-likeness (QED) is 0.881. The summed E-state index contributed by atoms with van der Waals surface area (Å²) in [5.74, 6) is -0.119. The molecule has 0 amide bonds. The van der Waals surface area contributed by atoms with Crippen LogP contribution >= 0.6 is 11.6 Å². The van der Waals surface area contributed by atoms with Crippen molar-refractivity contribution in [3.8, 4) is 5.75 Å². The van der Waals surface area contributed by atoms with Gasteiger partial charge in [-0.3, -0.25) is 4.79 Å². The third-order valence-corrected chi connectivity index (χ3v) is 2.97. The number of halogens is 1. The Labute approximate surface area is 103 Å². The zero-order valence-corrected chi connectivity index (χ0v) is 10.0. The molecule has 0 aliphatic heterocycles. The molecular formula is C12H12ClNO3. The topological polar surface area (TPSA) is 62.3 Å². The van der Waals surface area contributed by atoms with Crippen molar-refractivity contribution < 1.29 is 14.6 Å². The molecule has 0 bridgehead atoms. The van der Waals surface area contributed by atoms with Gasteiger partial charge in [0.05, 0.1) is 17.6 Å². The van der Waals surface area contributed by atoms with Gasteiger partial charge in [-0.1, -0.05) is 11.6 Å². The minimum atomic E-state index is -0.819. The van der Waals surface area contributed by atoms with E-state index in [-0.39, 0.29) is 6.42 Å². The first kappa shape index (κ1) is 11.8. The van der Waals surface area contributed by atoms with Crippen LogP contribution < -0.4 is 4.74 Å². The molecule has 0 saturated carbocycles. The predicted molar refractivity (Wildman–Crippen MR) is 65.8 cm³/mol. The summed E-state index contributed by atoms with van der Waals surface area (Å²) in [7, 11) is 1.58. The first-order valence-electron chi connectivity index (χ1n) is 5.17. The number of H-pyrrole nitrogens is 1. The number of aromatic nitrogens is 1. The Morgan fingerprint density at radius 2 is 2.29 bits per heavy atom. The van der Waals surface area contributed by atoms with Crippen molar-refractivity contribution >= 4 is 28.5 Å². The van der Waals surface area contributed by atoms with Gasteiger partial charge in [-0.15, -0.1) is 0 Å². The molecule has 2 N–H and O–H groups in total. The van der Waals surface area contributed by atoms with E-state index in [2.05, 4.69) is 4.98 Å². The standard InChI is InChI=1S/C12H12ClNO3/c1-17-9-4-3-8(13)12-11(9)7(6-14-12)2-5-10(15)16/h3-4,6,14H,2,5H2,1H3,(H,15,16). The highest BCUT2D eigenvalue weighted by Gasteiger charge is 2.12. The van der Waals surface area contributed by atoms with Gasteiger partial charge in [-0.25, -0.2) is 0 Å².